The van der Waals surface area contributed by atoms with Gasteiger partial charge in [-0.3, -0.25) is 4.79 Å². The van der Waals surface area contributed by atoms with Gasteiger partial charge < -0.3 is 13.7 Å². The highest BCUT2D eigenvalue weighted by Crippen LogP contribution is 2.24. The van der Waals surface area contributed by atoms with Crippen LogP contribution in [0, 0.1) is 12.3 Å². The average Bonchev–Trinajstić information content (AvgIpc) is 3.30. The third-order valence-corrected chi connectivity index (χ3v) is 4.47. The van der Waals surface area contributed by atoms with Gasteiger partial charge in [0, 0.05) is 28.0 Å². The summed E-state index contributed by atoms with van der Waals surface area (Å²) in [6.45, 7) is 2.95. The minimum atomic E-state index is -0.428. The van der Waals surface area contributed by atoms with Crippen molar-refractivity contribution in [2.45, 2.75) is 13.5 Å². The molecule has 0 unspecified atom stereocenters. The first kappa shape index (κ1) is 18.4. The van der Waals surface area contributed by atoms with Crippen LogP contribution in [0.5, 0.6) is 5.75 Å². The minimum absolute atomic E-state index is 0.181. The van der Waals surface area contributed by atoms with E-state index in [1.54, 1.807) is 24.4 Å². The van der Waals surface area contributed by atoms with Gasteiger partial charge in [-0.1, -0.05) is 24.1 Å². The largest absolute Gasteiger partial charge is 0.494 e. The maximum atomic E-state index is 12.4. The van der Waals surface area contributed by atoms with E-state index in [1.165, 1.54) is 0 Å². The summed E-state index contributed by atoms with van der Waals surface area (Å²) in [7, 11) is 0. The lowest BCUT2D eigenvalue weighted by Gasteiger charge is -2.00. The number of hydrogen-bond donors (Lipinski definition) is 1. The molecule has 1 N–H and O–H groups in total. The van der Waals surface area contributed by atoms with Crippen molar-refractivity contribution in [3.05, 3.63) is 66.1 Å². The fraction of sp³-hybridized carbons (Fsp3) is 0.130. The molecule has 0 bridgehead atoms. The van der Waals surface area contributed by atoms with Gasteiger partial charge in [-0.25, -0.2) is 5.43 Å². The second-order valence-corrected chi connectivity index (χ2v) is 6.38. The molecule has 0 aliphatic rings. The Morgan fingerprint density at radius 2 is 2.17 bits per heavy atom. The van der Waals surface area contributed by atoms with Gasteiger partial charge in [0.2, 0.25) is 0 Å². The number of nitrogens with one attached hydrogen (secondary N) is 1. The minimum Gasteiger partial charge on any atom is -0.494 e. The number of para-hydroxylation sites is 1. The summed E-state index contributed by atoms with van der Waals surface area (Å²) in [6, 6.07) is 15.0. The Kier molecular flexibility index (Phi) is 5.04. The molecule has 2 aromatic carbocycles. The van der Waals surface area contributed by atoms with Gasteiger partial charge in [0.15, 0.2) is 5.76 Å². The van der Waals surface area contributed by atoms with Crippen LogP contribution in [-0.2, 0) is 6.54 Å². The zero-order valence-electron chi connectivity index (χ0n) is 15.9. The Labute approximate surface area is 167 Å². The molecule has 2 aromatic heterocycles. The number of fused-ring (bicyclic) bond motifs is 2. The van der Waals surface area contributed by atoms with E-state index >= 15 is 0 Å². The van der Waals surface area contributed by atoms with Gasteiger partial charge >= 0.3 is 5.91 Å². The zero-order valence-corrected chi connectivity index (χ0v) is 15.9. The standard InChI is InChI=1S/C23H19N3O3/c1-3-11-26-15-17(19-7-5-6-8-20(19)26)14-24-25-23(27)22-13-16-12-18(28-4-2)9-10-21(16)29-22/h1,5-10,12-15H,4,11H2,2H3,(H,25,27)/b24-14+. The van der Waals surface area contributed by atoms with Crippen LogP contribution >= 0.6 is 0 Å². The Morgan fingerprint density at radius 1 is 1.31 bits per heavy atom. The van der Waals surface area contributed by atoms with E-state index in [-0.39, 0.29) is 5.76 Å². The number of carbonyl (C=O) groups excluding carboxylic acids is 1. The van der Waals surface area contributed by atoms with Crippen molar-refractivity contribution in [3.63, 3.8) is 0 Å². The average molecular weight is 385 g/mol. The molecule has 0 spiro atoms. The summed E-state index contributed by atoms with van der Waals surface area (Å²) in [6.07, 6.45) is 8.96. The Hall–Kier alpha value is -3.98. The van der Waals surface area contributed by atoms with E-state index in [0.29, 0.717) is 18.7 Å². The van der Waals surface area contributed by atoms with Crippen molar-refractivity contribution in [2.24, 2.45) is 5.10 Å². The first-order chi connectivity index (χ1) is 14.2. The predicted molar refractivity (Wildman–Crippen MR) is 113 cm³/mol. The SMILES string of the molecule is C#CCn1cc(/C=N/NC(=O)c2cc3cc(OCC)ccc3o2)c2ccccc21. The molecule has 2 heterocycles. The number of carbonyl (C=O) groups is 1. The van der Waals surface area contributed by atoms with Crippen LogP contribution in [0.1, 0.15) is 23.0 Å². The Balaban J connectivity index is 1.52. The lowest BCUT2D eigenvalue weighted by atomic mass is 10.2. The maximum Gasteiger partial charge on any atom is 0.307 e. The molecule has 0 fully saturated rings. The second kappa shape index (κ2) is 7.95. The highest BCUT2D eigenvalue weighted by molar-refractivity contribution is 6.01. The molecule has 0 aliphatic carbocycles. The van der Waals surface area contributed by atoms with Crippen LogP contribution in [0.15, 0.2) is 64.2 Å². The van der Waals surface area contributed by atoms with Crippen molar-refractivity contribution in [1.29, 1.82) is 0 Å². The first-order valence-corrected chi connectivity index (χ1v) is 9.20. The van der Waals surface area contributed by atoms with E-state index in [2.05, 4.69) is 16.4 Å². The molecule has 1 amide bonds. The first-order valence-electron chi connectivity index (χ1n) is 9.20. The Bertz CT molecular complexity index is 1260. The summed E-state index contributed by atoms with van der Waals surface area (Å²) in [5.74, 6) is 3.12. The van der Waals surface area contributed by atoms with Gasteiger partial charge in [0.05, 0.1) is 19.4 Å². The third kappa shape index (κ3) is 3.71. The van der Waals surface area contributed by atoms with Crippen molar-refractivity contribution in [2.75, 3.05) is 6.61 Å². The van der Waals surface area contributed by atoms with Gasteiger partial charge in [-0.05, 0) is 37.3 Å². The number of hydrazone groups is 1. The number of hydrogen-bond acceptors (Lipinski definition) is 4. The topological polar surface area (TPSA) is 68.8 Å². The van der Waals surface area contributed by atoms with Crippen LogP contribution in [0.25, 0.3) is 21.9 Å². The molecule has 0 saturated heterocycles. The van der Waals surface area contributed by atoms with Crippen LogP contribution in [0.3, 0.4) is 0 Å². The molecular formula is C23H19N3O3. The van der Waals surface area contributed by atoms with E-state index < -0.39 is 5.91 Å². The number of nitrogens with zero attached hydrogens (tertiary/aromatic N) is 2. The van der Waals surface area contributed by atoms with E-state index in [4.69, 9.17) is 15.6 Å². The molecule has 29 heavy (non-hydrogen) atoms. The van der Waals surface area contributed by atoms with Crippen LogP contribution < -0.4 is 10.2 Å². The number of terminal acetylenes is 1. The quantitative estimate of drug-likeness (QED) is 0.307. The number of ether oxygens (including phenoxy) is 1. The van der Waals surface area contributed by atoms with Crippen molar-refractivity contribution in [1.82, 2.24) is 9.99 Å². The molecular weight excluding hydrogens is 366 g/mol. The summed E-state index contributed by atoms with van der Waals surface area (Å²) >= 11 is 0. The molecule has 0 atom stereocenters. The molecule has 144 valence electrons. The molecule has 4 aromatic rings. The molecule has 6 heteroatoms. The number of rotatable bonds is 6. The molecule has 0 saturated carbocycles. The van der Waals surface area contributed by atoms with Crippen molar-refractivity contribution in [3.8, 4) is 18.1 Å². The van der Waals surface area contributed by atoms with Gasteiger partial charge in [0.1, 0.15) is 11.3 Å². The number of benzene rings is 2. The van der Waals surface area contributed by atoms with Gasteiger partial charge in [0.25, 0.3) is 0 Å². The van der Waals surface area contributed by atoms with Gasteiger partial charge in [-0.2, -0.15) is 5.10 Å². The Morgan fingerprint density at radius 3 is 3.00 bits per heavy atom. The fourth-order valence-corrected chi connectivity index (χ4v) is 3.21. The summed E-state index contributed by atoms with van der Waals surface area (Å²) in [5.41, 5.74) is 5.00. The maximum absolute atomic E-state index is 12.4. The fourth-order valence-electron chi connectivity index (χ4n) is 3.21. The van der Waals surface area contributed by atoms with Crippen LogP contribution in [0.4, 0.5) is 0 Å². The third-order valence-electron chi connectivity index (χ3n) is 4.47. The number of aromatic nitrogens is 1. The van der Waals surface area contributed by atoms with Crippen LogP contribution in [0.2, 0.25) is 0 Å². The lowest BCUT2D eigenvalue weighted by Crippen LogP contribution is -2.16. The van der Waals surface area contributed by atoms with Gasteiger partial charge in [-0.15, -0.1) is 6.42 Å². The summed E-state index contributed by atoms with van der Waals surface area (Å²) in [4.78, 5) is 12.4. The highest BCUT2D eigenvalue weighted by Gasteiger charge is 2.12. The molecule has 0 radical (unpaired) electrons. The predicted octanol–water partition coefficient (Wildman–Crippen LogP) is 4.18. The summed E-state index contributed by atoms with van der Waals surface area (Å²) in [5, 5.41) is 5.89. The number of amides is 1. The monoisotopic (exact) mass is 385 g/mol. The molecule has 6 nitrogen and oxygen atoms in total. The summed E-state index contributed by atoms with van der Waals surface area (Å²) < 4.78 is 13.0. The molecule has 0 aliphatic heterocycles. The zero-order chi connectivity index (χ0) is 20.2. The van der Waals surface area contributed by atoms with E-state index in [0.717, 1.165) is 27.6 Å². The lowest BCUT2D eigenvalue weighted by molar-refractivity contribution is 0.0929. The number of furan rings is 1. The van der Waals surface area contributed by atoms with E-state index in [9.17, 15) is 4.79 Å². The van der Waals surface area contributed by atoms with Crippen molar-refractivity contribution >= 4 is 34.0 Å². The van der Waals surface area contributed by atoms with Crippen LogP contribution in [-0.4, -0.2) is 23.3 Å². The smallest absolute Gasteiger partial charge is 0.307 e. The van der Waals surface area contributed by atoms with E-state index in [1.807, 2.05) is 48.0 Å². The molecule has 4 rings (SSSR count). The second-order valence-electron chi connectivity index (χ2n) is 6.38. The highest BCUT2D eigenvalue weighted by atomic mass is 16.5. The van der Waals surface area contributed by atoms with Crippen molar-refractivity contribution < 1.29 is 13.9 Å². The normalized spacial score (nSPS) is 11.2.